The Morgan fingerprint density at radius 1 is 1.14 bits per heavy atom. The lowest BCUT2D eigenvalue weighted by Gasteiger charge is -2.13. The number of halogens is 1. The zero-order valence-corrected chi connectivity index (χ0v) is 12.9. The molecule has 0 saturated heterocycles. The van der Waals surface area contributed by atoms with Crippen LogP contribution in [-0.4, -0.2) is 11.9 Å². The molecule has 21 heavy (non-hydrogen) atoms. The molecule has 1 N–H and O–H groups in total. The molecule has 2 aromatic carbocycles. The van der Waals surface area contributed by atoms with Gasteiger partial charge in [-0.05, 0) is 32.0 Å². The van der Waals surface area contributed by atoms with Gasteiger partial charge in [0.15, 0.2) is 0 Å². The summed E-state index contributed by atoms with van der Waals surface area (Å²) in [6.07, 6.45) is 0. The van der Waals surface area contributed by atoms with Crippen molar-refractivity contribution in [2.24, 2.45) is 0 Å². The fraction of sp³-hybridized carbons (Fsp3) is 0.235. The molecule has 1 amide bonds. The second-order valence-corrected chi connectivity index (χ2v) is 5.41. The first-order chi connectivity index (χ1) is 10.1. The number of para-hydroxylation sites is 1. The molecular weight excluding hydrogens is 286 g/mol. The Kier molecular flexibility index (Phi) is 5.23. The van der Waals surface area contributed by atoms with Crippen LogP contribution in [0.3, 0.4) is 0 Å². The zero-order valence-electron chi connectivity index (χ0n) is 12.1. The molecule has 4 heteroatoms. The number of carbonyl (C=O) groups excluding carboxylic acids is 1. The molecule has 0 unspecified atom stereocenters. The standard InChI is InChI=1S/C17H18ClNO2/c1-12(2)19-17(20)14-8-4-6-10-16(14)21-11-13-7-3-5-9-15(13)18/h3-10,12H,11H2,1-2H3,(H,19,20). The quantitative estimate of drug-likeness (QED) is 0.904. The van der Waals surface area contributed by atoms with E-state index >= 15 is 0 Å². The van der Waals surface area contributed by atoms with Gasteiger partial charge in [-0.15, -0.1) is 0 Å². The molecule has 0 aromatic heterocycles. The summed E-state index contributed by atoms with van der Waals surface area (Å²) in [7, 11) is 0. The van der Waals surface area contributed by atoms with Gasteiger partial charge in [-0.2, -0.15) is 0 Å². The summed E-state index contributed by atoms with van der Waals surface area (Å²) in [5.74, 6) is 0.412. The topological polar surface area (TPSA) is 38.3 Å². The first kappa shape index (κ1) is 15.4. The van der Waals surface area contributed by atoms with Crippen molar-refractivity contribution in [1.82, 2.24) is 5.32 Å². The molecule has 2 aromatic rings. The predicted molar refractivity (Wildman–Crippen MR) is 84.8 cm³/mol. The maximum absolute atomic E-state index is 12.1. The number of benzene rings is 2. The van der Waals surface area contributed by atoms with E-state index in [0.29, 0.717) is 22.9 Å². The van der Waals surface area contributed by atoms with Crippen molar-refractivity contribution < 1.29 is 9.53 Å². The Balaban J connectivity index is 2.14. The zero-order chi connectivity index (χ0) is 15.2. The summed E-state index contributed by atoms with van der Waals surface area (Å²) in [5, 5.41) is 3.52. The van der Waals surface area contributed by atoms with Crippen molar-refractivity contribution in [3.8, 4) is 5.75 Å². The molecule has 0 bridgehead atoms. The maximum atomic E-state index is 12.1. The summed E-state index contributed by atoms with van der Waals surface area (Å²) in [6, 6.07) is 14.8. The predicted octanol–water partition coefficient (Wildman–Crippen LogP) is 4.06. The fourth-order valence-electron chi connectivity index (χ4n) is 1.89. The van der Waals surface area contributed by atoms with Crippen molar-refractivity contribution in [1.29, 1.82) is 0 Å². The monoisotopic (exact) mass is 303 g/mol. The highest BCUT2D eigenvalue weighted by Crippen LogP contribution is 2.22. The van der Waals surface area contributed by atoms with E-state index in [4.69, 9.17) is 16.3 Å². The highest BCUT2D eigenvalue weighted by Gasteiger charge is 2.13. The van der Waals surface area contributed by atoms with E-state index in [1.165, 1.54) is 0 Å². The summed E-state index contributed by atoms with van der Waals surface area (Å²) < 4.78 is 5.76. The van der Waals surface area contributed by atoms with Crippen LogP contribution < -0.4 is 10.1 Å². The minimum Gasteiger partial charge on any atom is -0.488 e. The van der Waals surface area contributed by atoms with Crippen LogP contribution in [0.5, 0.6) is 5.75 Å². The van der Waals surface area contributed by atoms with Crippen LogP contribution in [-0.2, 0) is 6.61 Å². The smallest absolute Gasteiger partial charge is 0.255 e. The van der Waals surface area contributed by atoms with Gasteiger partial charge in [0.1, 0.15) is 12.4 Å². The van der Waals surface area contributed by atoms with Gasteiger partial charge >= 0.3 is 0 Å². The molecule has 0 atom stereocenters. The average molecular weight is 304 g/mol. The van der Waals surface area contributed by atoms with E-state index in [9.17, 15) is 4.79 Å². The van der Waals surface area contributed by atoms with E-state index in [2.05, 4.69) is 5.32 Å². The van der Waals surface area contributed by atoms with Crippen LogP contribution in [0.2, 0.25) is 5.02 Å². The van der Waals surface area contributed by atoms with Crippen LogP contribution in [0.1, 0.15) is 29.8 Å². The number of ether oxygens (including phenoxy) is 1. The summed E-state index contributed by atoms with van der Waals surface area (Å²) in [6.45, 7) is 4.17. The molecule has 0 aliphatic rings. The summed E-state index contributed by atoms with van der Waals surface area (Å²) in [5.41, 5.74) is 1.41. The van der Waals surface area contributed by atoms with Crippen molar-refractivity contribution in [2.75, 3.05) is 0 Å². The highest BCUT2D eigenvalue weighted by molar-refractivity contribution is 6.31. The number of amides is 1. The highest BCUT2D eigenvalue weighted by atomic mass is 35.5. The van der Waals surface area contributed by atoms with Crippen LogP contribution >= 0.6 is 11.6 Å². The van der Waals surface area contributed by atoms with Gasteiger partial charge in [0.05, 0.1) is 5.56 Å². The minimum atomic E-state index is -0.139. The lowest BCUT2D eigenvalue weighted by Crippen LogP contribution is -2.30. The van der Waals surface area contributed by atoms with E-state index in [0.717, 1.165) is 5.56 Å². The van der Waals surface area contributed by atoms with E-state index < -0.39 is 0 Å². The number of hydrogen-bond acceptors (Lipinski definition) is 2. The number of hydrogen-bond donors (Lipinski definition) is 1. The molecule has 0 fully saturated rings. The molecule has 110 valence electrons. The van der Waals surface area contributed by atoms with Gasteiger partial charge in [-0.25, -0.2) is 0 Å². The van der Waals surface area contributed by atoms with Crippen LogP contribution in [0.25, 0.3) is 0 Å². The molecule has 3 nitrogen and oxygen atoms in total. The second kappa shape index (κ2) is 7.14. The summed E-state index contributed by atoms with van der Waals surface area (Å²) >= 11 is 6.10. The second-order valence-electron chi connectivity index (χ2n) is 5.00. The molecule has 0 radical (unpaired) electrons. The Labute approximate surface area is 129 Å². The lowest BCUT2D eigenvalue weighted by molar-refractivity contribution is 0.0938. The molecule has 0 heterocycles. The normalized spacial score (nSPS) is 10.5. The minimum absolute atomic E-state index is 0.0779. The van der Waals surface area contributed by atoms with Gasteiger partial charge in [0.25, 0.3) is 5.91 Å². The molecule has 2 rings (SSSR count). The van der Waals surface area contributed by atoms with Crippen molar-refractivity contribution >= 4 is 17.5 Å². The summed E-state index contributed by atoms with van der Waals surface area (Å²) in [4.78, 5) is 12.1. The van der Waals surface area contributed by atoms with Crippen molar-refractivity contribution in [3.05, 3.63) is 64.7 Å². The van der Waals surface area contributed by atoms with E-state index in [-0.39, 0.29) is 11.9 Å². The van der Waals surface area contributed by atoms with Crippen LogP contribution in [0, 0.1) is 0 Å². The van der Waals surface area contributed by atoms with Gasteiger partial charge in [0, 0.05) is 16.6 Å². The van der Waals surface area contributed by atoms with Gasteiger partial charge in [-0.3, -0.25) is 4.79 Å². The third-order valence-corrected chi connectivity index (χ3v) is 3.26. The molecule has 0 aliphatic heterocycles. The third-order valence-electron chi connectivity index (χ3n) is 2.89. The first-order valence-corrected chi connectivity index (χ1v) is 7.22. The molecule has 0 spiro atoms. The van der Waals surface area contributed by atoms with Crippen molar-refractivity contribution in [3.63, 3.8) is 0 Å². The Morgan fingerprint density at radius 2 is 1.81 bits per heavy atom. The number of carbonyl (C=O) groups is 1. The van der Waals surface area contributed by atoms with E-state index in [1.807, 2.05) is 50.2 Å². The van der Waals surface area contributed by atoms with Gasteiger partial charge in [-0.1, -0.05) is 41.9 Å². The lowest BCUT2D eigenvalue weighted by atomic mass is 10.1. The Bertz CT molecular complexity index is 626. The fourth-order valence-corrected chi connectivity index (χ4v) is 2.08. The largest absolute Gasteiger partial charge is 0.488 e. The average Bonchev–Trinajstić information content (AvgIpc) is 2.46. The van der Waals surface area contributed by atoms with Gasteiger partial charge < -0.3 is 10.1 Å². The molecule has 0 aliphatic carbocycles. The molecule has 0 saturated carbocycles. The van der Waals surface area contributed by atoms with E-state index in [1.54, 1.807) is 12.1 Å². The maximum Gasteiger partial charge on any atom is 0.255 e. The first-order valence-electron chi connectivity index (χ1n) is 6.84. The van der Waals surface area contributed by atoms with Gasteiger partial charge in [0.2, 0.25) is 0 Å². The SMILES string of the molecule is CC(C)NC(=O)c1ccccc1OCc1ccccc1Cl. The Hall–Kier alpha value is -2.00. The number of rotatable bonds is 5. The molecular formula is C17H18ClNO2. The van der Waals surface area contributed by atoms with Crippen LogP contribution in [0.4, 0.5) is 0 Å². The van der Waals surface area contributed by atoms with Crippen LogP contribution in [0.15, 0.2) is 48.5 Å². The number of nitrogens with one attached hydrogen (secondary N) is 1. The third kappa shape index (κ3) is 4.23. The Morgan fingerprint density at radius 3 is 2.52 bits per heavy atom. The van der Waals surface area contributed by atoms with Crippen molar-refractivity contribution in [2.45, 2.75) is 26.5 Å².